The summed E-state index contributed by atoms with van der Waals surface area (Å²) in [6.45, 7) is 2.00. The highest BCUT2D eigenvalue weighted by atomic mass is 35.5. The van der Waals surface area contributed by atoms with Gasteiger partial charge in [-0.05, 0) is 35.6 Å². The van der Waals surface area contributed by atoms with E-state index in [-0.39, 0.29) is 5.92 Å². The number of rotatable bonds is 4. The van der Waals surface area contributed by atoms with Crippen LogP contribution < -0.4 is 0 Å². The molecule has 0 amide bonds. The van der Waals surface area contributed by atoms with Gasteiger partial charge in [0.2, 0.25) is 0 Å². The van der Waals surface area contributed by atoms with Crippen LogP contribution in [0.15, 0.2) is 48.5 Å². The zero-order valence-electron chi connectivity index (χ0n) is 10.7. The van der Waals surface area contributed by atoms with E-state index >= 15 is 0 Å². The second-order valence-electron chi connectivity index (χ2n) is 4.74. The van der Waals surface area contributed by atoms with Crippen molar-refractivity contribution < 1.29 is 5.11 Å². The van der Waals surface area contributed by atoms with E-state index in [0.29, 0.717) is 16.5 Å². The molecular formula is C16H16Cl2O. The monoisotopic (exact) mass is 294 g/mol. The third kappa shape index (κ3) is 3.50. The molecule has 3 heteroatoms. The summed E-state index contributed by atoms with van der Waals surface area (Å²) >= 11 is 12.3. The number of aliphatic hydroxyl groups excluding tert-OH is 1. The van der Waals surface area contributed by atoms with Gasteiger partial charge in [-0.1, -0.05) is 66.5 Å². The molecule has 0 aliphatic heterocycles. The normalized spacial score (nSPS) is 14.1. The van der Waals surface area contributed by atoms with Gasteiger partial charge in [0, 0.05) is 10.0 Å². The lowest BCUT2D eigenvalue weighted by molar-refractivity contribution is 0.117. The quantitative estimate of drug-likeness (QED) is 0.850. The van der Waals surface area contributed by atoms with Gasteiger partial charge in [-0.25, -0.2) is 0 Å². The molecule has 0 aliphatic rings. The van der Waals surface area contributed by atoms with Gasteiger partial charge >= 0.3 is 0 Å². The fourth-order valence-corrected chi connectivity index (χ4v) is 2.69. The Balaban J connectivity index is 2.15. The average Bonchev–Trinajstić information content (AvgIpc) is 2.43. The topological polar surface area (TPSA) is 20.2 Å². The highest BCUT2D eigenvalue weighted by Crippen LogP contribution is 2.31. The van der Waals surface area contributed by atoms with Gasteiger partial charge in [0.25, 0.3) is 0 Å². The third-order valence-corrected chi connectivity index (χ3v) is 3.98. The summed E-state index contributed by atoms with van der Waals surface area (Å²) in [7, 11) is 0. The first-order valence-electron chi connectivity index (χ1n) is 6.25. The fourth-order valence-electron chi connectivity index (χ4n) is 2.14. The number of hydrogen-bond acceptors (Lipinski definition) is 1. The standard InChI is InChI=1S/C16H16Cl2O/c1-11(16(19)12-6-3-2-4-7-12)10-13-14(17)8-5-9-15(13)18/h2-9,11,16,19H,10H2,1H3. The van der Waals surface area contributed by atoms with E-state index in [9.17, 15) is 5.11 Å². The summed E-state index contributed by atoms with van der Waals surface area (Å²) in [4.78, 5) is 0. The van der Waals surface area contributed by atoms with Crippen molar-refractivity contribution in [3.8, 4) is 0 Å². The maximum atomic E-state index is 10.3. The Labute approximate surface area is 123 Å². The van der Waals surface area contributed by atoms with Crippen molar-refractivity contribution in [1.29, 1.82) is 0 Å². The fraction of sp³-hybridized carbons (Fsp3) is 0.250. The van der Waals surface area contributed by atoms with Crippen LogP contribution in [0.1, 0.15) is 24.2 Å². The summed E-state index contributed by atoms with van der Waals surface area (Å²) in [5.74, 6) is 0.0415. The van der Waals surface area contributed by atoms with Crippen LogP contribution in [0.3, 0.4) is 0 Å². The maximum Gasteiger partial charge on any atom is 0.0818 e. The minimum Gasteiger partial charge on any atom is -0.388 e. The molecule has 0 heterocycles. The highest BCUT2D eigenvalue weighted by molar-refractivity contribution is 6.35. The summed E-state index contributed by atoms with van der Waals surface area (Å²) in [5, 5.41) is 11.7. The molecule has 0 aromatic heterocycles. The van der Waals surface area contributed by atoms with Gasteiger partial charge < -0.3 is 5.11 Å². The molecule has 2 atom stereocenters. The molecule has 0 saturated carbocycles. The molecule has 19 heavy (non-hydrogen) atoms. The Morgan fingerprint density at radius 3 is 2.11 bits per heavy atom. The Morgan fingerprint density at radius 2 is 1.53 bits per heavy atom. The van der Waals surface area contributed by atoms with Gasteiger partial charge in [0.15, 0.2) is 0 Å². The van der Waals surface area contributed by atoms with Crippen molar-refractivity contribution in [3.63, 3.8) is 0 Å². The molecule has 0 saturated heterocycles. The largest absolute Gasteiger partial charge is 0.388 e. The van der Waals surface area contributed by atoms with Crippen LogP contribution in [0.4, 0.5) is 0 Å². The average molecular weight is 295 g/mol. The molecule has 2 aromatic carbocycles. The SMILES string of the molecule is CC(Cc1c(Cl)cccc1Cl)C(O)c1ccccc1. The van der Waals surface area contributed by atoms with Gasteiger partial charge in [-0.2, -0.15) is 0 Å². The van der Waals surface area contributed by atoms with Crippen LogP contribution in [-0.4, -0.2) is 5.11 Å². The minimum absolute atomic E-state index is 0.0415. The van der Waals surface area contributed by atoms with Crippen LogP contribution >= 0.6 is 23.2 Å². The molecule has 1 nitrogen and oxygen atoms in total. The molecule has 2 aromatic rings. The predicted molar refractivity (Wildman–Crippen MR) is 80.7 cm³/mol. The number of hydrogen-bond donors (Lipinski definition) is 1. The molecule has 2 unspecified atom stereocenters. The van der Waals surface area contributed by atoms with Gasteiger partial charge in [-0.3, -0.25) is 0 Å². The molecule has 0 aliphatic carbocycles. The number of halogens is 2. The van der Waals surface area contributed by atoms with Gasteiger partial charge in [0.05, 0.1) is 6.10 Å². The van der Waals surface area contributed by atoms with E-state index in [1.165, 1.54) is 0 Å². The highest BCUT2D eigenvalue weighted by Gasteiger charge is 2.19. The summed E-state index contributed by atoms with van der Waals surface area (Å²) in [6, 6.07) is 15.1. The third-order valence-electron chi connectivity index (χ3n) is 3.27. The Bertz CT molecular complexity index is 519. The first-order valence-corrected chi connectivity index (χ1v) is 7.01. The van der Waals surface area contributed by atoms with Crippen molar-refractivity contribution in [2.45, 2.75) is 19.4 Å². The van der Waals surface area contributed by atoms with Crippen LogP contribution in [0, 0.1) is 5.92 Å². The smallest absolute Gasteiger partial charge is 0.0818 e. The van der Waals surface area contributed by atoms with E-state index in [1.807, 2.05) is 55.5 Å². The Hall–Kier alpha value is -1.02. The summed E-state index contributed by atoms with van der Waals surface area (Å²) < 4.78 is 0. The first-order chi connectivity index (χ1) is 9.09. The van der Waals surface area contributed by atoms with Gasteiger partial charge in [-0.15, -0.1) is 0 Å². The molecular weight excluding hydrogens is 279 g/mol. The van der Waals surface area contributed by atoms with E-state index in [4.69, 9.17) is 23.2 Å². The zero-order chi connectivity index (χ0) is 13.8. The minimum atomic E-state index is -0.520. The molecule has 1 N–H and O–H groups in total. The molecule has 2 rings (SSSR count). The van der Waals surface area contributed by atoms with Crippen molar-refractivity contribution >= 4 is 23.2 Å². The van der Waals surface area contributed by atoms with Crippen molar-refractivity contribution in [3.05, 3.63) is 69.7 Å². The van der Waals surface area contributed by atoms with Crippen molar-refractivity contribution in [1.82, 2.24) is 0 Å². The summed E-state index contributed by atoms with van der Waals surface area (Å²) in [5.41, 5.74) is 1.81. The van der Waals surface area contributed by atoms with E-state index in [0.717, 1.165) is 11.1 Å². The lowest BCUT2D eigenvalue weighted by atomic mass is 9.91. The number of aliphatic hydroxyl groups is 1. The van der Waals surface area contributed by atoms with Crippen LogP contribution in [-0.2, 0) is 6.42 Å². The predicted octanol–water partition coefficient (Wildman–Crippen LogP) is 4.91. The van der Waals surface area contributed by atoms with Crippen LogP contribution in [0.25, 0.3) is 0 Å². The second kappa shape index (κ2) is 6.42. The first kappa shape index (κ1) is 14.4. The maximum absolute atomic E-state index is 10.3. The van der Waals surface area contributed by atoms with E-state index in [1.54, 1.807) is 0 Å². The van der Waals surface area contributed by atoms with Gasteiger partial charge in [0.1, 0.15) is 0 Å². The molecule has 0 bridgehead atoms. The summed E-state index contributed by atoms with van der Waals surface area (Å²) in [6.07, 6.45) is 0.128. The molecule has 0 fully saturated rings. The zero-order valence-corrected chi connectivity index (χ0v) is 12.2. The van der Waals surface area contributed by atoms with Crippen molar-refractivity contribution in [2.24, 2.45) is 5.92 Å². The lowest BCUT2D eigenvalue weighted by Crippen LogP contribution is -2.12. The number of benzene rings is 2. The lowest BCUT2D eigenvalue weighted by Gasteiger charge is -2.20. The van der Waals surface area contributed by atoms with Crippen LogP contribution in [0.5, 0.6) is 0 Å². The molecule has 100 valence electrons. The Morgan fingerprint density at radius 1 is 0.947 bits per heavy atom. The molecule has 0 spiro atoms. The van der Waals surface area contributed by atoms with Crippen LogP contribution in [0.2, 0.25) is 10.0 Å². The Kier molecular flexibility index (Phi) is 4.87. The molecule has 0 radical (unpaired) electrons. The van der Waals surface area contributed by atoms with E-state index in [2.05, 4.69) is 0 Å². The second-order valence-corrected chi connectivity index (χ2v) is 5.55. The van der Waals surface area contributed by atoms with E-state index < -0.39 is 6.10 Å². The van der Waals surface area contributed by atoms with Crippen molar-refractivity contribution in [2.75, 3.05) is 0 Å².